The average molecular weight is 304 g/mol. The van der Waals surface area contributed by atoms with Crippen molar-refractivity contribution >= 4 is 22.2 Å². The van der Waals surface area contributed by atoms with Crippen LogP contribution in [0, 0.1) is 12.8 Å². The van der Waals surface area contributed by atoms with Crippen molar-refractivity contribution < 1.29 is 8.42 Å². The summed E-state index contributed by atoms with van der Waals surface area (Å²) in [5.41, 5.74) is 6.83. The maximum atomic E-state index is 12.3. The Balaban J connectivity index is 0.00000180. The molecule has 2 N–H and O–H groups in total. The zero-order valence-corrected chi connectivity index (χ0v) is 12.8. The molecule has 0 saturated heterocycles. The van der Waals surface area contributed by atoms with Gasteiger partial charge in [-0.3, -0.25) is 0 Å². The lowest BCUT2D eigenvalue weighted by Crippen LogP contribution is -2.29. The predicted molar refractivity (Wildman–Crippen MR) is 80.4 cm³/mol. The minimum atomic E-state index is -3.14. The molecule has 0 aliphatic heterocycles. The average Bonchev–Trinajstić information content (AvgIpc) is 2.32. The van der Waals surface area contributed by atoms with Crippen molar-refractivity contribution in [2.24, 2.45) is 11.7 Å². The molecule has 108 valence electrons. The van der Waals surface area contributed by atoms with Crippen molar-refractivity contribution in [3.05, 3.63) is 29.8 Å². The summed E-state index contributed by atoms with van der Waals surface area (Å²) in [6.45, 7) is 1.92. The summed E-state index contributed by atoms with van der Waals surface area (Å²) in [6.07, 6.45) is 3.78. The number of hydrogen-bond donors (Lipinski definition) is 1. The minimum absolute atomic E-state index is 0. The molecule has 5 heteroatoms. The smallest absolute Gasteiger partial charge is 0.178 e. The molecule has 1 aromatic rings. The summed E-state index contributed by atoms with van der Waals surface area (Å²) < 4.78 is 24.6. The second-order valence-corrected chi connectivity index (χ2v) is 7.41. The van der Waals surface area contributed by atoms with Crippen LogP contribution in [0.5, 0.6) is 0 Å². The highest BCUT2D eigenvalue weighted by atomic mass is 35.5. The first-order valence-electron chi connectivity index (χ1n) is 6.52. The molecule has 2 rings (SSSR count). The Kier molecular flexibility index (Phi) is 5.83. The molecule has 1 aromatic carbocycles. The van der Waals surface area contributed by atoms with Crippen LogP contribution < -0.4 is 5.73 Å². The van der Waals surface area contributed by atoms with E-state index in [2.05, 4.69) is 0 Å². The van der Waals surface area contributed by atoms with E-state index < -0.39 is 9.84 Å². The first kappa shape index (κ1) is 16.5. The second kappa shape index (κ2) is 6.73. The summed E-state index contributed by atoms with van der Waals surface area (Å²) in [5.74, 6) is 0.540. The fourth-order valence-electron chi connectivity index (χ4n) is 2.57. The van der Waals surface area contributed by atoms with E-state index in [1.165, 1.54) is 0 Å². The van der Waals surface area contributed by atoms with E-state index in [1.54, 1.807) is 18.2 Å². The van der Waals surface area contributed by atoms with Gasteiger partial charge in [-0.2, -0.15) is 0 Å². The van der Waals surface area contributed by atoms with Crippen LogP contribution in [0.2, 0.25) is 0 Å². The molecule has 0 amide bonds. The van der Waals surface area contributed by atoms with Crippen molar-refractivity contribution in [1.82, 2.24) is 0 Å². The third kappa shape index (κ3) is 4.48. The third-order valence-electron chi connectivity index (χ3n) is 3.70. The maximum Gasteiger partial charge on any atom is 0.178 e. The Hall–Kier alpha value is -0.580. The highest BCUT2D eigenvalue weighted by Gasteiger charge is 2.25. The van der Waals surface area contributed by atoms with E-state index in [-0.39, 0.29) is 30.1 Å². The quantitative estimate of drug-likeness (QED) is 0.934. The zero-order valence-electron chi connectivity index (χ0n) is 11.2. The van der Waals surface area contributed by atoms with E-state index in [0.717, 1.165) is 31.2 Å². The summed E-state index contributed by atoms with van der Waals surface area (Å²) in [4.78, 5) is 0.456. The zero-order chi connectivity index (χ0) is 13.2. The van der Waals surface area contributed by atoms with E-state index >= 15 is 0 Å². The molecular formula is C14H22ClNO2S. The third-order valence-corrected chi connectivity index (χ3v) is 5.58. The normalized spacial score (nSPS) is 23.7. The van der Waals surface area contributed by atoms with E-state index in [1.807, 2.05) is 13.0 Å². The van der Waals surface area contributed by atoms with Crippen molar-refractivity contribution in [3.63, 3.8) is 0 Å². The molecule has 0 heterocycles. The molecule has 0 bridgehead atoms. The Morgan fingerprint density at radius 3 is 2.42 bits per heavy atom. The van der Waals surface area contributed by atoms with Crippen molar-refractivity contribution in [2.75, 3.05) is 5.75 Å². The van der Waals surface area contributed by atoms with E-state index in [4.69, 9.17) is 5.73 Å². The summed E-state index contributed by atoms with van der Waals surface area (Å²) >= 11 is 0. The molecule has 1 saturated carbocycles. The number of aryl methyl sites for hydroxylation is 1. The van der Waals surface area contributed by atoms with Crippen LogP contribution in [0.1, 0.15) is 31.2 Å². The van der Waals surface area contributed by atoms with Gasteiger partial charge in [0.2, 0.25) is 0 Å². The molecule has 1 aliphatic carbocycles. The summed E-state index contributed by atoms with van der Waals surface area (Å²) in [5, 5.41) is 0. The van der Waals surface area contributed by atoms with Crippen LogP contribution in [-0.2, 0) is 9.84 Å². The van der Waals surface area contributed by atoms with Crippen LogP contribution in [0.4, 0.5) is 0 Å². The molecule has 0 atom stereocenters. The van der Waals surface area contributed by atoms with Crippen LogP contribution >= 0.6 is 12.4 Å². The van der Waals surface area contributed by atoms with Gasteiger partial charge < -0.3 is 5.73 Å². The first-order valence-corrected chi connectivity index (χ1v) is 8.17. The number of nitrogens with two attached hydrogens (primary N) is 1. The molecule has 1 fully saturated rings. The van der Waals surface area contributed by atoms with Gasteiger partial charge in [-0.25, -0.2) is 8.42 Å². The lowest BCUT2D eigenvalue weighted by Gasteiger charge is -2.25. The van der Waals surface area contributed by atoms with Gasteiger partial charge in [-0.1, -0.05) is 12.1 Å². The fraction of sp³-hybridized carbons (Fsp3) is 0.571. The largest absolute Gasteiger partial charge is 0.328 e. The Morgan fingerprint density at radius 2 is 1.84 bits per heavy atom. The standard InChI is InChI=1S/C14H21NO2S.ClH/c1-11-3-2-4-14(9-11)18(16,17)10-12-5-7-13(15)8-6-12;/h2-4,9,12-13H,5-8,10,15H2,1H3;1H. The molecule has 0 aromatic heterocycles. The van der Waals surface area contributed by atoms with Gasteiger partial charge in [-0.15, -0.1) is 12.4 Å². The van der Waals surface area contributed by atoms with E-state index in [0.29, 0.717) is 4.90 Å². The fourth-order valence-corrected chi connectivity index (χ4v) is 4.37. The molecule has 0 unspecified atom stereocenters. The monoisotopic (exact) mass is 303 g/mol. The van der Waals surface area contributed by atoms with Gasteiger partial charge in [0.05, 0.1) is 10.6 Å². The van der Waals surface area contributed by atoms with Crippen molar-refractivity contribution in [1.29, 1.82) is 0 Å². The van der Waals surface area contributed by atoms with Crippen LogP contribution in [0.25, 0.3) is 0 Å². The van der Waals surface area contributed by atoms with Crippen LogP contribution in [-0.4, -0.2) is 20.2 Å². The molecular weight excluding hydrogens is 282 g/mol. The van der Waals surface area contributed by atoms with Crippen LogP contribution in [0.15, 0.2) is 29.2 Å². The van der Waals surface area contributed by atoms with Gasteiger partial charge in [0.15, 0.2) is 9.84 Å². The highest BCUT2D eigenvalue weighted by molar-refractivity contribution is 7.91. The Bertz CT molecular complexity index is 508. The topological polar surface area (TPSA) is 60.2 Å². The van der Waals surface area contributed by atoms with Crippen molar-refractivity contribution in [2.45, 2.75) is 43.5 Å². The van der Waals surface area contributed by atoms with Gasteiger partial charge in [0, 0.05) is 6.04 Å². The number of rotatable bonds is 3. The molecule has 3 nitrogen and oxygen atoms in total. The van der Waals surface area contributed by atoms with Gasteiger partial charge >= 0.3 is 0 Å². The molecule has 19 heavy (non-hydrogen) atoms. The lowest BCUT2D eigenvalue weighted by atomic mass is 9.88. The summed E-state index contributed by atoms with van der Waals surface area (Å²) in [6, 6.07) is 7.43. The molecule has 0 spiro atoms. The lowest BCUT2D eigenvalue weighted by molar-refractivity contribution is 0.348. The number of halogens is 1. The Morgan fingerprint density at radius 1 is 1.21 bits per heavy atom. The minimum Gasteiger partial charge on any atom is -0.328 e. The molecule has 0 radical (unpaired) electrons. The van der Waals surface area contributed by atoms with Crippen LogP contribution in [0.3, 0.4) is 0 Å². The van der Waals surface area contributed by atoms with Crippen molar-refractivity contribution in [3.8, 4) is 0 Å². The van der Waals surface area contributed by atoms with Gasteiger partial charge in [0.25, 0.3) is 0 Å². The number of sulfone groups is 1. The van der Waals surface area contributed by atoms with E-state index in [9.17, 15) is 8.42 Å². The van der Waals surface area contributed by atoms with Gasteiger partial charge in [-0.05, 0) is 56.2 Å². The first-order chi connectivity index (χ1) is 8.47. The SMILES string of the molecule is Cc1cccc(S(=O)(=O)CC2CCC(N)CC2)c1.Cl. The highest BCUT2D eigenvalue weighted by Crippen LogP contribution is 2.26. The maximum absolute atomic E-state index is 12.3. The second-order valence-electron chi connectivity index (χ2n) is 5.38. The molecule has 1 aliphatic rings. The summed E-state index contributed by atoms with van der Waals surface area (Å²) in [7, 11) is -3.14. The Labute approximate surface area is 121 Å². The van der Waals surface area contributed by atoms with Gasteiger partial charge in [0.1, 0.15) is 0 Å². The number of benzene rings is 1. The predicted octanol–water partition coefficient (Wildman–Crippen LogP) is 2.71. The number of hydrogen-bond acceptors (Lipinski definition) is 3.